The molecule has 1 aromatic carbocycles. The zero-order chi connectivity index (χ0) is 23.1. The van der Waals surface area contributed by atoms with Crippen molar-refractivity contribution in [2.24, 2.45) is 7.05 Å². The number of nitrogens with one attached hydrogen (secondary N) is 1. The second kappa shape index (κ2) is 8.78. The molecule has 7 nitrogen and oxygen atoms in total. The summed E-state index contributed by atoms with van der Waals surface area (Å²) in [7, 11) is 3.97. The van der Waals surface area contributed by atoms with Crippen molar-refractivity contribution in [3.05, 3.63) is 58.1 Å². The second-order valence-electron chi connectivity index (χ2n) is 8.35. The van der Waals surface area contributed by atoms with E-state index in [4.69, 9.17) is 16.6 Å². The first-order valence-electron chi connectivity index (χ1n) is 10.8. The van der Waals surface area contributed by atoms with Crippen LogP contribution in [0.4, 0.5) is 11.4 Å². The average molecular weight is 481 g/mol. The number of likely N-dealkylation sites (N-methyl/N-ethyl adjacent to an activating group) is 1. The third-order valence-electron chi connectivity index (χ3n) is 6.04. The molecule has 1 aliphatic rings. The van der Waals surface area contributed by atoms with Crippen LogP contribution in [0, 0.1) is 6.92 Å². The Kier molecular flexibility index (Phi) is 5.82. The molecular formula is C24H25ClN6OS. The number of aryl methyl sites for hydroxylation is 2. The summed E-state index contributed by atoms with van der Waals surface area (Å²) >= 11 is 7.92. The number of anilines is 2. The van der Waals surface area contributed by atoms with Gasteiger partial charge in [-0.3, -0.25) is 9.48 Å². The molecule has 9 heteroatoms. The first kappa shape index (κ1) is 21.9. The summed E-state index contributed by atoms with van der Waals surface area (Å²) in [6, 6.07) is 11.5. The number of benzene rings is 1. The van der Waals surface area contributed by atoms with Crippen LogP contribution >= 0.6 is 22.9 Å². The van der Waals surface area contributed by atoms with Gasteiger partial charge >= 0.3 is 0 Å². The molecule has 1 amide bonds. The standard InChI is InChI=1S/C24H25ClN6OS/c1-15-22-17(14-19(21-5-4-12-33-21)26-23(22)30(3)28-15)24(32)27-18-13-16(25)6-7-20(18)31-10-8-29(2)9-11-31/h4-7,12-14H,8-11H2,1-3H3,(H,27,32). The van der Waals surface area contributed by atoms with Crippen LogP contribution < -0.4 is 10.2 Å². The number of carbonyl (C=O) groups excluding carboxylic acids is 1. The normalized spacial score (nSPS) is 14.7. The molecule has 170 valence electrons. The third kappa shape index (κ3) is 4.21. The minimum atomic E-state index is -0.200. The molecule has 0 spiro atoms. The fourth-order valence-corrected chi connectivity index (χ4v) is 5.15. The number of fused-ring (bicyclic) bond motifs is 1. The van der Waals surface area contributed by atoms with E-state index in [9.17, 15) is 4.79 Å². The molecule has 0 saturated carbocycles. The molecule has 0 atom stereocenters. The van der Waals surface area contributed by atoms with E-state index in [2.05, 4.69) is 27.3 Å². The molecule has 0 unspecified atom stereocenters. The number of amides is 1. The van der Waals surface area contributed by atoms with E-state index in [1.807, 2.05) is 55.7 Å². The van der Waals surface area contributed by atoms with E-state index >= 15 is 0 Å². The predicted octanol–water partition coefficient (Wildman–Crippen LogP) is 4.66. The zero-order valence-electron chi connectivity index (χ0n) is 18.8. The number of pyridine rings is 1. The maximum Gasteiger partial charge on any atom is 0.256 e. The lowest BCUT2D eigenvalue weighted by Gasteiger charge is -2.35. The Balaban J connectivity index is 1.56. The number of nitrogens with zero attached hydrogens (tertiary/aromatic N) is 5. The Morgan fingerprint density at radius 2 is 1.91 bits per heavy atom. The van der Waals surface area contributed by atoms with Crippen LogP contribution in [0.1, 0.15) is 16.1 Å². The van der Waals surface area contributed by atoms with Crippen molar-refractivity contribution in [3.8, 4) is 10.6 Å². The van der Waals surface area contributed by atoms with Gasteiger partial charge in [-0.2, -0.15) is 5.10 Å². The summed E-state index contributed by atoms with van der Waals surface area (Å²) < 4.78 is 1.73. The smallest absolute Gasteiger partial charge is 0.256 e. The van der Waals surface area contributed by atoms with Crippen LogP contribution in [0.2, 0.25) is 5.02 Å². The van der Waals surface area contributed by atoms with Crippen molar-refractivity contribution >= 4 is 51.3 Å². The molecule has 0 radical (unpaired) electrons. The first-order chi connectivity index (χ1) is 15.9. The molecule has 1 N–H and O–H groups in total. The van der Waals surface area contributed by atoms with Gasteiger partial charge in [0.1, 0.15) is 0 Å². The Hall–Kier alpha value is -2.94. The van der Waals surface area contributed by atoms with Crippen molar-refractivity contribution in [2.45, 2.75) is 6.92 Å². The second-order valence-corrected chi connectivity index (χ2v) is 9.73. The van der Waals surface area contributed by atoms with Gasteiger partial charge in [0.05, 0.1) is 38.6 Å². The number of aromatic nitrogens is 3. The summed E-state index contributed by atoms with van der Waals surface area (Å²) in [6.07, 6.45) is 0. The van der Waals surface area contributed by atoms with Crippen LogP contribution in [0.15, 0.2) is 41.8 Å². The molecule has 0 bridgehead atoms. The topological polar surface area (TPSA) is 66.3 Å². The lowest BCUT2D eigenvalue weighted by atomic mass is 10.1. The maximum absolute atomic E-state index is 13.7. The van der Waals surface area contributed by atoms with Crippen LogP contribution in [0.3, 0.4) is 0 Å². The molecule has 0 aliphatic carbocycles. The van der Waals surface area contributed by atoms with Gasteiger partial charge in [0.15, 0.2) is 5.65 Å². The highest BCUT2D eigenvalue weighted by Crippen LogP contribution is 2.33. The summed E-state index contributed by atoms with van der Waals surface area (Å²) in [4.78, 5) is 24.1. The Bertz CT molecular complexity index is 1320. The van der Waals surface area contributed by atoms with Gasteiger partial charge < -0.3 is 15.1 Å². The lowest BCUT2D eigenvalue weighted by Crippen LogP contribution is -2.44. The third-order valence-corrected chi connectivity index (χ3v) is 7.17. The van der Waals surface area contributed by atoms with Crippen molar-refractivity contribution in [3.63, 3.8) is 0 Å². The molecule has 33 heavy (non-hydrogen) atoms. The van der Waals surface area contributed by atoms with E-state index < -0.39 is 0 Å². The van der Waals surface area contributed by atoms with Gasteiger partial charge in [0.25, 0.3) is 5.91 Å². The number of carbonyl (C=O) groups is 1. The molecule has 4 aromatic rings. The quantitative estimate of drug-likeness (QED) is 0.460. The van der Waals surface area contributed by atoms with Crippen molar-refractivity contribution in [2.75, 3.05) is 43.4 Å². The van der Waals surface area contributed by atoms with Gasteiger partial charge in [-0.05, 0) is 49.7 Å². The van der Waals surface area contributed by atoms with Crippen LogP contribution in [0.25, 0.3) is 21.6 Å². The fraction of sp³-hybridized carbons (Fsp3) is 0.292. The van der Waals surface area contributed by atoms with Crippen LogP contribution in [-0.2, 0) is 7.05 Å². The maximum atomic E-state index is 13.7. The van der Waals surface area contributed by atoms with Gasteiger partial charge in [-0.15, -0.1) is 11.3 Å². The van der Waals surface area contributed by atoms with Crippen molar-refractivity contribution < 1.29 is 4.79 Å². The van der Waals surface area contributed by atoms with E-state index in [0.29, 0.717) is 21.9 Å². The average Bonchev–Trinajstić information content (AvgIpc) is 3.43. The SMILES string of the molecule is Cc1nn(C)c2nc(-c3cccs3)cc(C(=O)Nc3cc(Cl)ccc3N3CCN(C)CC3)c12. The van der Waals surface area contributed by atoms with E-state index in [0.717, 1.165) is 53.5 Å². The van der Waals surface area contributed by atoms with Crippen molar-refractivity contribution in [1.82, 2.24) is 19.7 Å². The molecule has 4 heterocycles. The molecular weight excluding hydrogens is 456 g/mol. The van der Waals surface area contributed by atoms with E-state index in [1.54, 1.807) is 16.0 Å². The minimum absolute atomic E-state index is 0.200. The van der Waals surface area contributed by atoms with E-state index in [1.165, 1.54) is 0 Å². The Morgan fingerprint density at radius 1 is 1.12 bits per heavy atom. The highest BCUT2D eigenvalue weighted by molar-refractivity contribution is 7.13. The minimum Gasteiger partial charge on any atom is -0.367 e. The number of thiophene rings is 1. The van der Waals surface area contributed by atoms with E-state index in [-0.39, 0.29) is 5.91 Å². The highest BCUT2D eigenvalue weighted by Gasteiger charge is 2.22. The number of hydrogen-bond acceptors (Lipinski definition) is 6. The summed E-state index contributed by atoms with van der Waals surface area (Å²) in [5.74, 6) is -0.200. The largest absolute Gasteiger partial charge is 0.367 e. The predicted molar refractivity (Wildman–Crippen MR) is 136 cm³/mol. The van der Waals surface area contributed by atoms with Gasteiger partial charge in [-0.1, -0.05) is 17.7 Å². The number of rotatable bonds is 4. The van der Waals surface area contributed by atoms with Crippen molar-refractivity contribution in [1.29, 1.82) is 0 Å². The summed E-state index contributed by atoms with van der Waals surface area (Å²) in [6.45, 7) is 5.64. The lowest BCUT2D eigenvalue weighted by molar-refractivity contribution is 0.102. The van der Waals surface area contributed by atoms with Gasteiger partial charge in [-0.25, -0.2) is 4.98 Å². The Morgan fingerprint density at radius 3 is 2.64 bits per heavy atom. The number of hydrogen-bond donors (Lipinski definition) is 1. The number of halogens is 1. The van der Waals surface area contributed by atoms with Crippen LogP contribution in [0.5, 0.6) is 0 Å². The highest BCUT2D eigenvalue weighted by atomic mass is 35.5. The van der Waals surface area contributed by atoms with Crippen LogP contribution in [-0.4, -0.2) is 58.8 Å². The molecule has 5 rings (SSSR count). The molecule has 3 aromatic heterocycles. The Labute approximate surface area is 201 Å². The molecule has 1 saturated heterocycles. The summed E-state index contributed by atoms with van der Waals surface area (Å²) in [5, 5.41) is 11.0. The van der Waals surface area contributed by atoms with Gasteiger partial charge in [0.2, 0.25) is 0 Å². The molecule has 1 aliphatic heterocycles. The summed E-state index contributed by atoms with van der Waals surface area (Å²) in [5.41, 5.74) is 4.46. The number of piperazine rings is 1. The fourth-order valence-electron chi connectivity index (χ4n) is 4.30. The molecule has 1 fully saturated rings. The first-order valence-corrected chi connectivity index (χ1v) is 12.1. The van der Waals surface area contributed by atoms with Gasteiger partial charge in [0, 0.05) is 38.2 Å². The zero-order valence-corrected chi connectivity index (χ0v) is 20.4. The monoisotopic (exact) mass is 480 g/mol.